The molecule has 5 aliphatic rings. The van der Waals surface area contributed by atoms with E-state index in [1.54, 1.807) is 5.57 Å². The lowest BCUT2D eigenvalue weighted by molar-refractivity contribution is -0.171. The molecule has 1 aromatic carbocycles. The number of fused-ring (bicyclic) bond motifs is 7. The van der Waals surface area contributed by atoms with Gasteiger partial charge in [-0.2, -0.15) is 0 Å². The molecule has 7 rings (SSSR count). The second-order valence-electron chi connectivity index (χ2n) is 22.4. The molecule has 4 fully saturated rings. The summed E-state index contributed by atoms with van der Waals surface area (Å²) in [5, 5.41) is 10.00. The molecule has 57 heavy (non-hydrogen) atoms. The number of allylic oxidation sites excluding steroid dienone is 3. The standard InChI is InChI=1S/C52H80N4O/c1-13-14-38(31-49(7,8)33-57)29-40-21-24-50(9)42(37(40)6)22-25-51(10)43-23-26-52(30-36(5)46(34(2)3)47(52)41(43)19-20-44(50)51)32-45-53-54-48(56(45)28-27-55(11)12)39-17-15-35(4)16-18-39/h15-18,33-34,37-38,40-44H,5,13-14,19-32H2,1-4,6-12H3. The molecule has 0 bridgehead atoms. The summed E-state index contributed by atoms with van der Waals surface area (Å²) in [5.74, 6) is 7.93. The van der Waals surface area contributed by atoms with Gasteiger partial charge in [0.15, 0.2) is 5.82 Å². The van der Waals surface area contributed by atoms with Crippen LogP contribution < -0.4 is 0 Å². The van der Waals surface area contributed by atoms with Gasteiger partial charge >= 0.3 is 0 Å². The Bertz CT molecular complexity index is 1800. The van der Waals surface area contributed by atoms with Crippen LogP contribution in [0.15, 0.2) is 47.6 Å². The third-order valence-electron chi connectivity index (χ3n) is 17.5. The van der Waals surface area contributed by atoms with E-state index in [1.807, 2.05) is 5.57 Å². The number of rotatable bonds is 14. The molecule has 10 atom stereocenters. The van der Waals surface area contributed by atoms with Crippen LogP contribution in [0.4, 0.5) is 0 Å². The first-order valence-corrected chi connectivity index (χ1v) is 23.5. The normalized spacial score (nSPS) is 34.6. The molecule has 0 amide bonds. The second kappa shape index (κ2) is 16.2. The topological polar surface area (TPSA) is 51.0 Å². The zero-order valence-corrected chi connectivity index (χ0v) is 38.2. The number of aryl methyl sites for hydroxylation is 1. The third kappa shape index (κ3) is 7.72. The van der Waals surface area contributed by atoms with Crippen LogP contribution in [0.2, 0.25) is 0 Å². The lowest BCUT2D eigenvalue weighted by Crippen LogP contribution is -2.60. The largest absolute Gasteiger partial charge is 0.310 e. The Morgan fingerprint density at radius 1 is 0.982 bits per heavy atom. The maximum absolute atomic E-state index is 11.9. The van der Waals surface area contributed by atoms with Gasteiger partial charge < -0.3 is 14.3 Å². The Kier molecular flexibility index (Phi) is 12.1. The number of aldehydes is 1. The van der Waals surface area contributed by atoms with Gasteiger partial charge in [-0.05, 0) is 155 Å². The Labute approximate surface area is 348 Å². The maximum Gasteiger partial charge on any atom is 0.164 e. The molecular formula is C52H80N4O. The molecule has 2 aromatic rings. The van der Waals surface area contributed by atoms with Crippen molar-refractivity contribution < 1.29 is 4.79 Å². The summed E-state index contributed by atoms with van der Waals surface area (Å²) in [4.78, 5) is 14.2. The van der Waals surface area contributed by atoms with E-state index in [-0.39, 0.29) is 10.8 Å². The zero-order valence-electron chi connectivity index (χ0n) is 38.2. The van der Waals surface area contributed by atoms with Crippen molar-refractivity contribution in [3.05, 3.63) is 59.0 Å². The fraction of sp³-hybridized carbons (Fsp3) is 0.750. The van der Waals surface area contributed by atoms with Gasteiger partial charge in [-0.15, -0.1) is 10.2 Å². The first-order chi connectivity index (χ1) is 27.0. The van der Waals surface area contributed by atoms with E-state index < -0.39 is 0 Å². The van der Waals surface area contributed by atoms with Gasteiger partial charge in [0.25, 0.3) is 0 Å². The molecule has 5 aliphatic carbocycles. The molecule has 1 aromatic heterocycles. The van der Waals surface area contributed by atoms with Gasteiger partial charge in [0.05, 0.1) is 0 Å². The number of nitrogens with zero attached hydrogens (tertiary/aromatic N) is 4. The molecule has 5 heteroatoms. The Morgan fingerprint density at radius 3 is 2.33 bits per heavy atom. The summed E-state index contributed by atoms with van der Waals surface area (Å²) >= 11 is 0. The maximum atomic E-state index is 11.9. The van der Waals surface area contributed by atoms with Gasteiger partial charge in [0.2, 0.25) is 0 Å². The monoisotopic (exact) mass is 777 g/mol. The molecule has 1 heterocycles. The van der Waals surface area contributed by atoms with Gasteiger partial charge in [0.1, 0.15) is 12.1 Å². The first-order valence-electron chi connectivity index (χ1n) is 23.5. The SMILES string of the molecule is C=C1CC2(Cc3nnc(-c4ccc(C)cc4)n3CCN(C)C)CCC3C(CCC4C3(C)CCC3C(C)C(CC(CCC)CC(C)(C)C=O)CCC34C)C2=C1C(C)C. The molecule has 5 nitrogen and oxygen atoms in total. The van der Waals surface area contributed by atoms with Gasteiger partial charge in [-0.25, -0.2) is 0 Å². The van der Waals surface area contributed by atoms with Crippen molar-refractivity contribution in [1.29, 1.82) is 0 Å². The van der Waals surface area contributed by atoms with Crippen LogP contribution in [0.3, 0.4) is 0 Å². The predicted octanol–water partition coefficient (Wildman–Crippen LogP) is 12.6. The number of carbonyl (C=O) groups is 1. The van der Waals surface area contributed by atoms with E-state index in [9.17, 15) is 4.79 Å². The third-order valence-corrected chi connectivity index (χ3v) is 17.5. The molecule has 0 saturated heterocycles. The van der Waals surface area contributed by atoms with Crippen molar-refractivity contribution in [1.82, 2.24) is 19.7 Å². The number of hydrogen-bond acceptors (Lipinski definition) is 4. The predicted molar refractivity (Wildman–Crippen MR) is 238 cm³/mol. The Balaban J connectivity index is 1.17. The van der Waals surface area contributed by atoms with Crippen LogP contribution in [0.1, 0.15) is 150 Å². The minimum absolute atomic E-state index is 0.0929. The zero-order chi connectivity index (χ0) is 41.1. The summed E-state index contributed by atoms with van der Waals surface area (Å²) < 4.78 is 2.46. The minimum Gasteiger partial charge on any atom is -0.310 e. The first kappa shape index (κ1) is 42.6. The van der Waals surface area contributed by atoms with E-state index in [0.29, 0.717) is 28.6 Å². The highest BCUT2D eigenvalue weighted by molar-refractivity contribution is 5.58. The fourth-order valence-electron chi connectivity index (χ4n) is 15.1. The van der Waals surface area contributed by atoms with Gasteiger partial charge in [-0.1, -0.05) is 116 Å². The lowest BCUT2D eigenvalue weighted by atomic mass is 9.37. The van der Waals surface area contributed by atoms with Crippen molar-refractivity contribution in [3.8, 4) is 11.4 Å². The average molecular weight is 777 g/mol. The molecule has 0 aliphatic heterocycles. The van der Waals surface area contributed by atoms with Crippen molar-refractivity contribution in [2.45, 2.75) is 159 Å². The van der Waals surface area contributed by atoms with Gasteiger partial charge in [-0.3, -0.25) is 0 Å². The molecule has 4 saturated carbocycles. The van der Waals surface area contributed by atoms with Crippen molar-refractivity contribution >= 4 is 6.29 Å². The molecule has 314 valence electrons. The second-order valence-corrected chi connectivity index (χ2v) is 22.4. The molecule has 0 radical (unpaired) electrons. The molecule has 10 unspecified atom stereocenters. The highest BCUT2D eigenvalue weighted by Crippen LogP contribution is 2.73. The number of likely N-dealkylation sites (N-methyl/N-ethyl adjacent to an activating group) is 1. The number of carbonyl (C=O) groups excluding carboxylic acids is 1. The van der Waals surface area contributed by atoms with E-state index in [4.69, 9.17) is 16.8 Å². The number of aromatic nitrogens is 3. The van der Waals surface area contributed by atoms with E-state index in [2.05, 4.69) is 110 Å². The molecule has 0 N–H and O–H groups in total. The summed E-state index contributed by atoms with van der Waals surface area (Å²) in [6, 6.07) is 8.85. The molecule has 0 spiro atoms. The number of hydrogen-bond donors (Lipinski definition) is 0. The van der Waals surface area contributed by atoms with Crippen LogP contribution in [0.5, 0.6) is 0 Å². The van der Waals surface area contributed by atoms with Crippen molar-refractivity contribution in [3.63, 3.8) is 0 Å². The van der Waals surface area contributed by atoms with E-state index in [0.717, 1.165) is 79.2 Å². The van der Waals surface area contributed by atoms with Gasteiger partial charge in [0, 0.05) is 35.9 Å². The fourth-order valence-corrected chi connectivity index (χ4v) is 15.1. The summed E-state index contributed by atoms with van der Waals surface area (Å²) in [7, 11) is 4.34. The Morgan fingerprint density at radius 2 is 1.67 bits per heavy atom. The summed E-state index contributed by atoms with van der Waals surface area (Å²) in [6.07, 6.45) is 19.0. The highest BCUT2D eigenvalue weighted by atomic mass is 16.1. The van der Waals surface area contributed by atoms with Crippen LogP contribution in [0, 0.1) is 75.9 Å². The van der Waals surface area contributed by atoms with Crippen LogP contribution in [-0.2, 0) is 17.8 Å². The Hall–Kier alpha value is -2.53. The summed E-state index contributed by atoms with van der Waals surface area (Å²) in [6.45, 7) is 28.6. The molecular weight excluding hydrogens is 697 g/mol. The van der Waals surface area contributed by atoms with Crippen LogP contribution in [0.25, 0.3) is 11.4 Å². The van der Waals surface area contributed by atoms with E-state index in [1.165, 1.54) is 88.1 Å². The minimum atomic E-state index is -0.208. The van der Waals surface area contributed by atoms with Crippen molar-refractivity contribution in [2.24, 2.45) is 69.0 Å². The average Bonchev–Trinajstić information content (AvgIpc) is 3.69. The number of benzene rings is 1. The van der Waals surface area contributed by atoms with Crippen LogP contribution >= 0.6 is 0 Å². The van der Waals surface area contributed by atoms with Crippen molar-refractivity contribution in [2.75, 3.05) is 20.6 Å². The van der Waals surface area contributed by atoms with E-state index >= 15 is 0 Å². The highest BCUT2D eigenvalue weighted by Gasteiger charge is 2.64. The lowest BCUT2D eigenvalue weighted by Gasteiger charge is -2.67. The van der Waals surface area contributed by atoms with Crippen LogP contribution in [-0.4, -0.2) is 46.6 Å². The summed E-state index contributed by atoms with van der Waals surface area (Å²) in [5.41, 5.74) is 7.97. The quantitative estimate of drug-likeness (QED) is 0.179. The smallest absolute Gasteiger partial charge is 0.164 e.